The highest BCUT2D eigenvalue weighted by molar-refractivity contribution is 5.70. The van der Waals surface area contributed by atoms with Crippen molar-refractivity contribution < 1.29 is 34.4 Å². The van der Waals surface area contributed by atoms with E-state index in [2.05, 4.69) is 13.8 Å². The molecule has 0 aromatic rings. The Hall–Kier alpha value is -2.22. The number of esters is 2. The van der Waals surface area contributed by atoms with E-state index in [4.69, 9.17) is 9.47 Å². The first kappa shape index (κ1) is 48.8. The van der Waals surface area contributed by atoms with E-state index in [1.807, 2.05) is 36.5 Å². The molecular weight excluding hydrogens is 640 g/mol. The van der Waals surface area contributed by atoms with Crippen LogP contribution < -0.4 is 0 Å². The molecule has 51 heavy (non-hydrogen) atoms. The molecule has 0 bridgehead atoms. The fraction of sp³-hybridized carbons (Fsp3) is 0.773. The summed E-state index contributed by atoms with van der Waals surface area (Å²) in [7, 11) is 0. The number of hydrogen-bond donors (Lipinski definition) is 3. The second-order valence-corrected chi connectivity index (χ2v) is 14.1. The van der Waals surface area contributed by atoms with Crippen LogP contribution in [-0.2, 0) is 19.1 Å². The SMILES string of the molecule is CCCCCCCCCCCCCCCCCCCCC(=O)O[C@@H](CO)COC(=O)CCC[C@@H](O)/C=C/C=C\C/C=C\C=C\[C@@H](O)CCCCC. The van der Waals surface area contributed by atoms with Gasteiger partial charge in [-0.25, -0.2) is 0 Å². The summed E-state index contributed by atoms with van der Waals surface area (Å²) in [6.07, 6.45) is 42.5. The van der Waals surface area contributed by atoms with Gasteiger partial charge < -0.3 is 24.8 Å². The number of allylic oxidation sites excluding steroid dienone is 6. The number of hydrogen-bond acceptors (Lipinski definition) is 7. The zero-order chi connectivity index (χ0) is 37.5. The third-order valence-electron chi connectivity index (χ3n) is 9.08. The van der Waals surface area contributed by atoms with Crippen molar-refractivity contribution in [1.82, 2.24) is 0 Å². The van der Waals surface area contributed by atoms with Gasteiger partial charge >= 0.3 is 11.9 Å². The predicted molar refractivity (Wildman–Crippen MR) is 213 cm³/mol. The molecule has 3 atom stereocenters. The van der Waals surface area contributed by atoms with Crippen molar-refractivity contribution in [3.05, 3.63) is 48.6 Å². The number of aliphatic hydroxyl groups excluding tert-OH is 3. The molecule has 296 valence electrons. The molecular formula is C44H78O7. The Labute approximate surface area is 313 Å². The first-order chi connectivity index (χ1) is 24.9. The summed E-state index contributed by atoms with van der Waals surface area (Å²) in [6.45, 7) is 3.85. The number of unbranched alkanes of at least 4 members (excludes halogenated alkanes) is 19. The van der Waals surface area contributed by atoms with Crippen LogP contribution in [0.5, 0.6) is 0 Å². The molecule has 7 nitrogen and oxygen atoms in total. The van der Waals surface area contributed by atoms with Gasteiger partial charge in [-0.3, -0.25) is 9.59 Å². The number of rotatable bonds is 37. The van der Waals surface area contributed by atoms with Crippen molar-refractivity contribution >= 4 is 11.9 Å². The predicted octanol–water partition coefficient (Wildman–Crippen LogP) is 11.0. The Balaban J connectivity index is 3.75. The van der Waals surface area contributed by atoms with E-state index in [1.165, 1.54) is 96.3 Å². The van der Waals surface area contributed by atoms with E-state index in [-0.39, 0.29) is 25.1 Å². The number of ether oxygens (including phenoxy) is 2. The van der Waals surface area contributed by atoms with Gasteiger partial charge in [0.2, 0.25) is 0 Å². The Morgan fingerprint density at radius 1 is 0.529 bits per heavy atom. The van der Waals surface area contributed by atoms with Crippen LogP contribution in [-0.4, -0.2) is 58.8 Å². The van der Waals surface area contributed by atoms with Gasteiger partial charge in [0.1, 0.15) is 6.61 Å². The molecule has 0 heterocycles. The van der Waals surface area contributed by atoms with Crippen LogP contribution in [0.3, 0.4) is 0 Å². The maximum absolute atomic E-state index is 12.2. The molecule has 0 aliphatic rings. The molecule has 0 aromatic heterocycles. The smallest absolute Gasteiger partial charge is 0.306 e. The first-order valence-electron chi connectivity index (χ1n) is 20.9. The van der Waals surface area contributed by atoms with Crippen molar-refractivity contribution in [3.63, 3.8) is 0 Å². The van der Waals surface area contributed by atoms with E-state index >= 15 is 0 Å². The van der Waals surface area contributed by atoms with E-state index < -0.39 is 24.8 Å². The average Bonchev–Trinajstić information content (AvgIpc) is 3.12. The lowest BCUT2D eigenvalue weighted by Gasteiger charge is -2.16. The zero-order valence-corrected chi connectivity index (χ0v) is 32.8. The van der Waals surface area contributed by atoms with Gasteiger partial charge in [-0.05, 0) is 32.1 Å². The highest BCUT2D eigenvalue weighted by Crippen LogP contribution is 2.15. The maximum atomic E-state index is 12.2. The molecule has 0 saturated heterocycles. The normalized spacial score (nSPS) is 13.9. The van der Waals surface area contributed by atoms with Gasteiger partial charge in [-0.1, -0.05) is 191 Å². The van der Waals surface area contributed by atoms with Crippen LogP contribution >= 0.6 is 0 Å². The van der Waals surface area contributed by atoms with Crippen molar-refractivity contribution in [2.75, 3.05) is 13.2 Å². The van der Waals surface area contributed by atoms with E-state index in [1.54, 1.807) is 12.2 Å². The van der Waals surface area contributed by atoms with Crippen molar-refractivity contribution in [2.24, 2.45) is 0 Å². The Morgan fingerprint density at radius 2 is 0.941 bits per heavy atom. The lowest BCUT2D eigenvalue weighted by atomic mass is 10.0. The topological polar surface area (TPSA) is 113 Å². The molecule has 0 aliphatic heterocycles. The van der Waals surface area contributed by atoms with Crippen molar-refractivity contribution in [1.29, 1.82) is 0 Å². The summed E-state index contributed by atoms with van der Waals surface area (Å²) >= 11 is 0. The average molecular weight is 719 g/mol. The summed E-state index contributed by atoms with van der Waals surface area (Å²) in [4.78, 5) is 24.3. The van der Waals surface area contributed by atoms with E-state index in [0.29, 0.717) is 19.3 Å². The molecule has 0 radical (unpaired) electrons. The molecule has 7 heteroatoms. The second kappa shape index (κ2) is 39.0. The largest absolute Gasteiger partial charge is 0.462 e. The van der Waals surface area contributed by atoms with Crippen LogP contribution in [0.25, 0.3) is 0 Å². The van der Waals surface area contributed by atoms with Gasteiger partial charge in [0.15, 0.2) is 6.10 Å². The fourth-order valence-electron chi connectivity index (χ4n) is 5.83. The number of aliphatic hydroxyl groups is 3. The van der Waals surface area contributed by atoms with Crippen LogP contribution in [0, 0.1) is 0 Å². The quantitative estimate of drug-likeness (QED) is 0.0333. The molecule has 0 fully saturated rings. The van der Waals surface area contributed by atoms with Crippen LogP contribution in [0.4, 0.5) is 0 Å². The van der Waals surface area contributed by atoms with E-state index in [0.717, 1.165) is 51.4 Å². The first-order valence-corrected chi connectivity index (χ1v) is 20.9. The third-order valence-corrected chi connectivity index (χ3v) is 9.08. The molecule has 3 N–H and O–H groups in total. The fourth-order valence-corrected chi connectivity index (χ4v) is 5.83. The molecule has 0 spiro atoms. The molecule has 0 aliphatic carbocycles. The van der Waals surface area contributed by atoms with Crippen LogP contribution in [0.1, 0.15) is 187 Å². The highest BCUT2D eigenvalue weighted by atomic mass is 16.6. The minimum Gasteiger partial charge on any atom is -0.462 e. The van der Waals surface area contributed by atoms with Crippen LogP contribution in [0.15, 0.2) is 48.6 Å². The van der Waals surface area contributed by atoms with Crippen molar-refractivity contribution in [3.8, 4) is 0 Å². The van der Waals surface area contributed by atoms with Gasteiger partial charge in [0, 0.05) is 12.8 Å². The highest BCUT2D eigenvalue weighted by Gasteiger charge is 2.16. The lowest BCUT2D eigenvalue weighted by molar-refractivity contribution is -0.161. The minimum atomic E-state index is -0.856. The second-order valence-electron chi connectivity index (χ2n) is 14.1. The lowest BCUT2D eigenvalue weighted by Crippen LogP contribution is -2.28. The summed E-state index contributed by atoms with van der Waals surface area (Å²) in [5, 5.41) is 29.5. The number of carbonyl (C=O) groups is 2. The Bertz CT molecular complexity index is 894. The summed E-state index contributed by atoms with van der Waals surface area (Å²) < 4.78 is 10.5. The van der Waals surface area contributed by atoms with E-state index in [9.17, 15) is 24.9 Å². The monoisotopic (exact) mass is 719 g/mol. The summed E-state index contributed by atoms with van der Waals surface area (Å²) in [6, 6.07) is 0. The molecule has 0 rings (SSSR count). The van der Waals surface area contributed by atoms with Gasteiger partial charge in [-0.2, -0.15) is 0 Å². The molecule has 0 unspecified atom stereocenters. The van der Waals surface area contributed by atoms with Gasteiger partial charge in [0.05, 0.1) is 18.8 Å². The third kappa shape index (κ3) is 37.3. The zero-order valence-electron chi connectivity index (χ0n) is 32.8. The maximum Gasteiger partial charge on any atom is 0.306 e. The molecule has 0 amide bonds. The standard InChI is InChI=1S/C44H78O7/c1-3-5-7-8-9-10-11-12-13-14-15-16-17-18-19-23-26-30-36-44(49)51-42(38-45)39-50-43(48)37-31-35-41(47)34-29-25-22-20-21-24-28-33-40(46)32-27-6-4-2/h21-22,24-25,28-29,33-34,40-42,45-47H,3-20,23,26-27,30-32,35-39H2,1-2H3/b24-21-,25-22-,33-28+,34-29+/t40-,41-,42-/m0/s1. The van der Waals surface area contributed by atoms with Crippen LogP contribution in [0.2, 0.25) is 0 Å². The summed E-state index contributed by atoms with van der Waals surface area (Å²) in [5.41, 5.74) is 0. The Kier molecular flexibility index (Phi) is 37.3. The summed E-state index contributed by atoms with van der Waals surface area (Å²) in [5.74, 6) is -0.815. The number of carbonyl (C=O) groups excluding carboxylic acids is 2. The molecule has 0 aromatic carbocycles. The molecule has 0 saturated carbocycles. The van der Waals surface area contributed by atoms with Gasteiger partial charge in [-0.15, -0.1) is 0 Å². The van der Waals surface area contributed by atoms with Gasteiger partial charge in [0.25, 0.3) is 0 Å². The minimum absolute atomic E-state index is 0.137. The Morgan fingerprint density at radius 3 is 1.41 bits per heavy atom. The van der Waals surface area contributed by atoms with Crippen molar-refractivity contribution in [2.45, 2.75) is 206 Å².